The van der Waals surface area contributed by atoms with Crippen molar-refractivity contribution in [3.8, 4) is 0 Å². The van der Waals surface area contributed by atoms with E-state index in [1.807, 2.05) is 26.0 Å². The number of carbonyl (C=O) groups excluding carboxylic acids is 2. The zero-order valence-electron chi connectivity index (χ0n) is 14.9. The number of hydrogen-bond acceptors (Lipinski definition) is 9. The van der Waals surface area contributed by atoms with Gasteiger partial charge in [0.2, 0.25) is 11.0 Å². The zero-order valence-corrected chi connectivity index (χ0v) is 16.5. The molecule has 0 unspecified atom stereocenters. The molecule has 2 N–H and O–H groups in total. The summed E-state index contributed by atoms with van der Waals surface area (Å²) in [7, 11) is 1.32. The largest absolute Gasteiger partial charge is 0.467 e. The van der Waals surface area contributed by atoms with E-state index in [2.05, 4.69) is 20.8 Å². The van der Waals surface area contributed by atoms with Crippen LogP contribution in [-0.2, 0) is 20.9 Å². The minimum absolute atomic E-state index is 0.00432. The number of esters is 1. The molecule has 0 saturated carbocycles. The molecule has 142 valence electrons. The van der Waals surface area contributed by atoms with Gasteiger partial charge in [-0.25, -0.2) is 4.79 Å². The third kappa shape index (κ3) is 6.03. The Balaban J connectivity index is 1.80. The van der Waals surface area contributed by atoms with E-state index in [0.717, 1.165) is 12.2 Å². The van der Waals surface area contributed by atoms with Crippen LogP contribution in [0.5, 0.6) is 0 Å². The van der Waals surface area contributed by atoms with Crippen molar-refractivity contribution in [3.63, 3.8) is 0 Å². The fourth-order valence-corrected chi connectivity index (χ4v) is 3.61. The van der Waals surface area contributed by atoms with Gasteiger partial charge < -0.3 is 19.8 Å². The molecular weight excluding hydrogens is 376 g/mol. The zero-order chi connectivity index (χ0) is 18.9. The second-order valence-electron chi connectivity index (χ2n) is 5.55. The molecule has 0 aliphatic rings. The van der Waals surface area contributed by atoms with Gasteiger partial charge in [0.05, 0.1) is 25.7 Å². The van der Waals surface area contributed by atoms with Gasteiger partial charge >= 0.3 is 5.97 Å². The number of thioether (sulfide) groups is 1. The number of aromatic nitrogens is 2. The monoisotopic (exact) mass is 398 g/mol. The van der Waals surface area contributed by atoms with Crippen LogP contribution in [-0.4, -0.2) is 41.0 Å². The van der Waals surface area contributed by atoms with Gasteiger partial charge in [-0.1, -0.05) is 43.4 Å². The predicted molar refractivity (Wildman–Crippen MR) is 100 cm³/mol. The molecule has 2 aromatic heterocycles. The van der Waals surface area contributed by atoms with Crippen LogP contribution in [0.4, 0.5) is 5.13 Å². The lowest BCUT2D eigenvalue weighted by Crippen LogP contribution is -2.46. The van der Waals surface area contributed by atoms with Gasteiger partial charge in [0.25, 0.3) is 0 Å². The van der Waals surface area contributed by atoms with Gasteiger partial charge in [0.15, 0.2) is 4.34 Å². The van der Waals surface area contributed by atoms with E-state index in [1.165, 1.54) is 30.2 Å². The fourth-order valence-electron chi connectivity index (χ4n) is 2.05. The van der Waals surface area contributed by atoms with Crippen LogP contribution in [0.3, 0.4) is 0 Å². The molecule has 0 spiro atoms. The molecule has 0 aromatic carbocycles. The van der Waals surface area contributed by atoms with Gasteiger partial charge in [-0.3, -0.25) is 4.79 Å². The molecule has 2 heterocycles. The molecular formula is C16H22N4O4S2. The summed E-state index contributed by atoms with van der Waals surface area (Å²) in [5, 5.41) is 14.6. The average molecular weight is 399 g/mol. The van der Waals surface area contributed by atoms with Crippen LogP contribution in [0, 0.1) is 5.92 Å². The molecule has 2 rings (SSSR count). The Morgan fingerprint density at radius 3 is 2.88 bits per heavy atom. The van der Waals surface area contributed by atoms with E-state index >= 15 is 0 Å². The molecule has 10 heteroatoms. The van der Waals surface area contributed by atoms with E-state index in [1.54, 1.807) is 6.26 Å². The van der Waals surface area contributed by atoms with Gasteiger partial charge in [0.1, 0.15) is 11.8 Å². The first-order chi connectivity index (χ1) is 12.5. The summed E-state index contributed by atoms with van der Waals surface area (Å²) >= 11 is 2.62. The van der Waals surface area contributed by atoms with Crippen LogP contribution in [0.25, 0.3) is 0 Å². The number of rotatable bonds is 10. The standard InChI is InChI=1S/C16H22N4O4S2/c1-4-10(2)13(14(22)23-3)18-12(21)9-25-16-20-19-15(26-16)17-8-11-6-5-7-24-11/h5-7,10,13H,4,8-9H2,1-3H3,(H,17,19)(H,18,21)/t10-,13-/m1/s1. The molecule has 0 fully saturated rings. The van der Waals surface area contributed by atoms with Crippen molar-refractivity contribution in [3.05, 3.63) is 24.2 Å². The van der Waals surface area contributed by atoms with Crippen molar-refractivity contribution in [2.75, 3.05) is 18.2 Å². The highest BCUT2D eigenvalue weighted by Gasteiger charge is 2.26. The summed E-state index contributed by atoms with van der Waals surface area (Å²) in [5.41, 5.74) is 0. The Bertz CT molecular complexity index is 705. The number of ether oxygens (including phenoxy) is 1. The van der Waals surface area contributed by atoms with Gasteiger partial charge in [-0.2, -0.15) is 0 Å². The van der Waals surface area contributed by atoms with E-state index < -0.39 is 12.0 Å². The summed E-state index contributed by atoms with van der Waals surface area (Å²) in [6.45, 7) is 4.37. The first-order valence-electron chi connectivity index (χ1n) is 8.13. The number of furan rings is 1. The lowest BCUT2D eigenvalue weighted by atomic mass is 9.99. The van der Waals surface area contributed by atoms with Crippen molar-refractivity contribution >= 4 is 40.1 Å². The number of anilines is 1. The van der Waals surface area contributed by atoms with Crippen molar-refractivity contribution in [1.82, 2.24) is 15.5 Å². The number of carbonyl (C=O) groups is 2. The number of methoxy groups -OCH3 is 1. The Morgan fingerprint density at radius 2 is 2.23 bits per heavy atom. The minimum Gasteiger partial charge on any atom is -0.467 e. The highest BCUT2D eigenvalue weighted by Crippen LogP contribution is 2.25. The average Bonchev–Trinajstić information content (AvgIpc) is 3.33. The van der Waals surface area contributed by atoms with Gasteiger partial charge in [-0.05, 0) is 18.1 Å². The first kappa shape index (κ1) is 20.2. The van der Waals surface area contributed by atoms with Crippen LogP contribution >= 0.6 is 23.1 Å². The van der Waals surface area contributed by atoms with Crippen molar-refractivity contribution in [2.24, 2.45) is 5.92 Å². The molecule has 2 atom stereocenters. The van der Waals surface area contributed by atoms with Gasteiger partial charge in [0, 0.05) is 0 Å². The maximum absolute atomic E-state index is 12.1. The van der Waals surface area contributed by atoms with E-state index in [9.17, 15) is 9.59 Å². The maximum Gasteiger partial charge on any atom is 0.328 e. The molecule has 0 aliphatic carbocycles. The van der Waals surface area contributed by atoms with Crippen LogP contribution in [0.2, 0.25) is 0 Å². The highest BCUT2D eigenvalue weighted by molar-refractivity contribution is 8.01. The van der Waals surface area contributed by atoms with Crippen molar-refractivity contribution < 1.29 is 18.7 Å². The summed E-state index contributed by atoms with van der Waals surface area (Å²) in [6.07, 6.45) is 2.37. The fraction of sp³-hybridized carbons (Fsp3) is 0.500. The quantitative estimate of drug-likeness (QED) is 0.464. The Hall–Kier alpha value is -2.07. The summed E-state index contributed by atoms with van der Waals surface area (Å²) in [5.74, 6) is 0.267. The summed E-state index contributed by atoms with van der Waals surface area (Å²) < 4.78 is 10.7. The molecule has 1 amide bonds. The molecule has 0 aliphatic heterocycles. The van der Waals surface area contributed by atoms with Gasteiger partial charge in [-0.15, -0.1) is 10.2 Å². The van der Waals surface area contributed by atoms with E-state index in [0.29, 0.717) is 16.0 Å². The lowest BCUT2D eigenvalue weighted by molar-refractivity contribution is -0.146. The third-order valence-corrected chi connectivity index (χ3v) is 5.73. The van der Waals surface area contributed by atoms with E-state index in [-0.39, 0.29) is 17.6 Å². The third-order valence-electron chi connectivity index (χ3n) is 3.71. The lowest BCUT2D eigenvalue weighted by Gasteiger charge is -2.21. The normalized spacial score (nSPS) is 13.0. The minimum atomic E-state index is -0.641. The number of amides is 1. The van der Waals surface area contributed by atoms with Crippen molar-refractivity contribution in [1.29, 1.82) is 0 Å². The number of hydrogen-bond donors (Lipinski definition) is 2. The molecule has 0 bridgehead atoms. The predicted octanol–water partition coefficient (Wildman–Crippen LogP) is 2.54. The molecule has 2 aromatic rings. The molecule has 0 radical (unpaired) electrons. The topological polar surface area (TPSA) is 106 Å². The van der Waals surface area contributed by atoms with E-state index in [4.69, 9.17) is 9.15 Å². The summed E-state index contributed by atoms with van der Waals surface area (Å²) in [4.78, 5) is 24.0. The second-order valence-corrected chi connectivity index (χ2v) is 7.75. The smallest absolute Gasteiger partial charge is 0.328 e. The highest BCUT2D eigenvalue weighted by atomic mass is 32.2. The first-order valence-corrected chi connectivity index (χ1v) is 9.93. The Morgan fingerprint density at radius 1 is 1.42 bits per heavy atom. The van der Waals surface area contributed by atoms with Crippen LogP contribution < -0.4 is 10.6 Å². The number of nitrogens with one attached hydrogen (secondary N) is 2. The molecule has 0 saturated heterocycles. The second kappa shape index (κ2) is 10.2. The Labute approximate surface area is 160 Å². The molecule has 8 nitrogen and oxygen atoms in total. The SMILES string of the molecule is CC[C@@H](C)[C@@H](NC(=O)CSc1nnc(NCc2ccco2)s1)C(=O)OC. The van der Waals surface area contributed by atoms with Crippen molar-refractivity contribution in [2.45, 2.75) is 37.2 Å². The Kier molecular flexibility index (Phi) is 7.92. The van der Waals surface area contributed by atoms with Crippen LogP contribution in [0.15, 0.2) is 27.2 Å². The summed E-state index contributed by atoms with van der Waals surface area (Å²) in [6, 6.07) is 3.04. The molecule has 26 heavy (non-hydrogen) atoms. The number of nitrogens with zero attached hydrogens (tertiary/aromatic N) is 2. The van der Waals surface area contributed by atoms with Crippen LogP contribution in [0.1, 0.15) is 26.0 Å². The maximum atomic E-state index is 12.1.